The predicted octanol–water partition coefficient (Wildman–Crippen LogP) is 1.79. The van der Waals surface area contributed by atoms with Crippen LogP contribution in [0.1, 0.15) is 66.7 Å². The Morgan fingerprint density at radius 1 is 1.35 bits per heavy atom. The summed E-state index contributed by atoms with van der Waals surface area (Å²) in [6.45, 7) is 4.22. The van der Waals surface area contributed by atoms with E-state index in [-0.39, 0.29) is 17.6 Å². The highest BCUT2D eigenvalue weighted by Crippen LogP contribution is 2.31. The number of amides is 1. The molecule has 1 saturated carbocycles. The number of carbonyl (C=O) groups excluding carboxylic acids is 1. The molecular formula is C19H28N4O3. The van der Waals surface area contributed by atoms with Gasteiger partial charge in [0.15, 0.2) is 5.69 Å². The van der Waals surface area contributed by atoms with Crippen molar-refractivity contribution in [3.63, 3.8) is 0 Å². The number of nitrogens with zero attached hydrogens (tertiary/aromatic N) is 2. The summed E-state index contributed by atoms with van der Waals surface area (Å²) in [7, 11) is 0. The molecule has 142 valence electrons. The zero-order chi connectivity index (χ0) is 18.7. The molecule has 0 unspecified atom stereocenters. The summed E-state index contributed by atoms with van der Waals surface area (Å²) in [6, 6.07) is 0.0348. The Hall–Kier alpha value is -2.15. The van der Waals surface area contributed by atoms with Crippen LogP contribution in [0.2, 0.25) is 0 Å². The zero-order valence-corrected chi connectivity index (χ0v) is 15.2. The first-order valence-electron chi connectivity index (χ1n) is 9.47. The Bertz CT molecular complexity index is 702. The number of nitrogens with one attached hydrogen (secondary N) is 1. The summed E-state index contributed by atoms with van der Waals surface area (Å²) in [4.78, 5) is 23.9. The minimum Gasteiger partial charge on any atom is -0.476 e. The fourth-order valence-electron chi connectivity index (χ4n) is 4.44. The van der Waals surface area contributed by atoms with Crippen LogP contribution >= 0.6 is 0 Å². The van der Waals surface area contributed by atoms with Gasteiger partial charge in [-0.2, -0.15) is 5.10 Å². The van der Waals surface area contributed by atoms with Gasteiger partial charge in [-0.05, 0) is 32.1 Å². The van der Waals surface area contributed by atoms with Crippen molar-refractivity contribution in [1.82, 2.24) is 15.1 Å². The van der Waals surface area contributed by atoms with Crippen LogP contribution < -0.4 is 11.1 Å². The lowest BCUT2D eigenvalue weighted by atomic mass is 9.84. The minimum absolute atomic E-state index is 0.0348. The molecule has 7 heteroatoms. The summed E-state index contributed by atoms with van der Waals surface area (Å²) in [5.74, 6) is -1.30. The molecule has 2 aliphatic carbocycles. The fraction of sp³-hybridized carbons (Fsp3) is 0.632. The largest absolute Gasteiger partial charge is 0.476 e. The Morgan fingerprint density at radius 3 is 2.62 bits per heavy atom. The SMILES string of the molecule is C=CCn1nc(C(=O)O)c2c1CC[C@H](NC1(C(N)=O)CCCCCC1)C2. The van der Waals surface area contributed by atoms with Crippen LogP contribution in [0.25, 0.3) is 0 Å². The normalized spacial score (nSPS) is 22.2. The lowest BCUT2D eigenvalue weighted by Crippen LogP contribution is -2.59. The number of carbonyl (C=O) groups is 2. The van der Waals surface area contributed by atoms with Crippen LogP contribution in [0.3, 0.4) is 0 Å². The Morgan fingerprint density at radius 2 is 2.04 bits per heavy atom. The quantitative estimate of drug-likeness (QED) is 0.529. The van der Waals surface area contributed by atoms with Crippen LogP contribution in [0.5, 0.6) is 0 Å². The number of rotatable bonds is 6. The van der Waals surface area contributed by atoms with Crippen molar-refractivity contribution in [2.75, 3.05) is 0 Å². The fourth-order valence-corrected chi connectivity index (χ4v) is 4.44. The van der Waals surface area contributed by atoms with E-state index in [1.807, 2.05) is 0 Å². The highest BCUT2D eigenvalue weighted by molar-refractivity contribution is 5.87. The number of aromatic nitrogens is 2. The van der Waals surface area contributed by atoms with E-state index < -0.39 is 11.5 Å². The zero-order valence-electron chi connectivity index (χ0n) is 15.2. The van der Waals surface area contributed by atoms with E-state index in [2.05, 4.69) is 17.0 Å². The number of allylic oxidation sites excluding steroid dienone is 1. The van der Waals surface area contributed by atoms with Gasteiger partial charge in [0, 0.05) is 17.3 Å². The first-order valence-corrected chi connectivity index (χ1v) is 9.47. The van der Waals surface area contributed by atoms with Gasteiger partial charge in [-0.1, -0.05) is 31.8 Å². The first kappa shape index (κ1) is 18.6. The molecule has 1 atom stereocenters. The molecule has 0 radical (unpaired) electrons. The van der Waals surface area contributed by atoms with Crippen molar-refractivity contribution in [3.8, 4) is 0 Å². The van der Waals surface area contributed by atoms with Gasteiger partial charge >= 0.3 is 5.97 Å². The number of primary amides is 1. The van der Waals surface area contributed by atoms with Crippen LogP contribution in [0.4, 0.5) is 0 Å². The molecule has 2 aliphatic rings. The van der Waals surface area contributed by atoms with Gasteiger partial charge in [-0.3, -0.25) is 9.48 Å². The molecule has 3 rings (SSSR count). The molecule has 1 amide bonds. The third-order valence-electron chi connectivity index (χ3n) is 5.76. The number of hydrogen-bond acceptors (Lipinski definition) is 4. The molecule has 1 aromatic heterocycles. The number of aromatic carboxylic acids is 1. The van der Waals surface area contributed by atoms with Crippen LogP contribution in [-0.2, 0) is 24.2 Å². The summed E-state index contributed by atoms with van der Waals surface area (Å²) >= 11 is 0. The molecule has 0 saturated heterocycles. The molecule has 1 heterocycles. The molecular weight excluding hydrogens is 332 g/mol. The van der Waals surface area contributed by atoms with Gasteiger partial charge in [-0.25, -0.2) is 4.79 Å². The van der Waals surface area contributed by atoms with Crippen molar-refractivity contribution in [1.29, 1.82) is 0 Å². The molecule has 1 fully saturated rings. The van der Waals surface area contributed by atoms with Crippen molar-refractivity contribution < 1.29 is 14.7 Å². The van der Waals surface area contributed by atoms with Crippen molar-refractivity contribution in [3.05, 3.63) is 29.6 Å². The smallest absolute Gasteiger partial charge is 0.356 e. The second-order valence-electron chi connectivity index (χ2n) is 7.49. The van der Waals surface area contributed by atoms with Gasteiger partial charge in [0.05, 0.1) is 12.1 Å². The lowest BCUT2D eigenvalue weighted by molar-refractivity contribution is -0.125. The van der Waals surface area contributed by atoms with Gasteiger partial charge in [-0.15, -0.1) is 6.58 Å². The van der Waals surface area contributed by atoms with Crippen LogP contribution in [0, 0.1) is 0 Å². The first-order chi connectivity index (χ1) is 12.5. The maximum atomic E-state index is 12.3. The molecule has 1 aromatic rings. The number of hydrogen-bond donors (Lipinski definition) is 3. The van der Waals surface area contributed by atoms with Crippen molar-refractivity contribution >= 4 is 11.9 Å². The molecule has 0 spiro atoms. The number of carboxylic acid groups (broad SMARTS) is 1. The summed E-state index contributed by atoms with van der Waals surface area (Å²) in [6.07, 6.45) is 9.60. The topological polar surface area (TPSA) is 110 Å². The average molecular weight is 360 g/mol. The number of nitrogens with two attached hydrogens (primary N) is 1. The molecule has 0 bridgehead atoms. The van der Waals surface area contributed by atoms with Crippen LogP contribution in [0.15, 0.2) is 12.7 Å². The van der Waals surface area contributed by atoms with Gasteiger partial charge in [0.2, 0.25) is 5.91 Å². The number of fused-ring (bicyclic) bond motifs is 1. The standard InChI is InChI=1S/C19H28N4O3/c1-2-11-23-15-8-7-13(12-14(15)16(22-23)17(24)25)21-19(18(20)26)9-5-3-4-6-10-19/h2,13,21H,1,3-12H2,(H2,20,26)(H,24,25)/t13-/m0/s1. The highest BCUT2D eigenvalue weighted by atomic mass is 16.4. The van der Waals surface area contributed by atoms with Gasteiger partial charge in [0.1, 0.15) is 0 Å². The second kappa shape index (κ2) is 7.61. The third kappa shape index (κ3) is 3.53. The average Bonchev–Trinajstić information content (AvgIpc) is 2.78. The van der Waals surface area contributed by atoms with Gasteiger partial charge < -0.3 is 16.2 Å². The summed E-state index contributed by atoms with van der Waals surface area (Å²) in [5, 5.41) is 17.3. The van der Waals surface area contributed by atoms with Gasteiger partial charge in [0.25, 0.3) is 0 Å². The Balaban J connectivity index is 1.84. The molecule has 7 nitrogen and oxygen atoms in total. The van der Waals surface area contributed by atoms with E-state index in [0.29, 0.717) is 13.0 Å². The lowest BCUT2D eigenvalue weighted by Gasteiger charge is -2.36. The number of carboxylic acids is 1. The van der Waals surface area contributed by atoms with E-state index in [1.54, 1.807) is 10.8 Å². The second-order valence-corrected chi connectivity index (χ2v) is 7.49. The van der Waals surface area contributed by atoms with E-state index in [1.165, 1.54) is 0 Å². The van der Waals surface area contributed by atoms with E-state index in [0.717, 1.165) is 62.6 Å². The molecule has 0 aromatic carbocycles. The van der Waals surface area contributed by atoms with Crippen molar-refractivity contribution in [2.24, 2.45) is 5.73 Å². The highest BCUT2D eigenvalue weighted by Gasteiger charge is 2.40. The third-order valence-corrected chi connectivity index (χ3v) is 5.76. The van der Waals surface area contributed by atoms with E-state index in [4.69, 9.17) is 5.73 Å². The van der Waals surface area contributed by atoms with Crippen LogP contribution in [-0.4, -0.2) is 38.3 Å². The summed E-state index contributed by atoms with van der Waals surface area (Å²) in [5.41, 5.74) is 6.97. The van der Waals surface area contributed by atoms with Crippen molar-refractivity contribution in [2.45, 2.75) is 75.9 Å². The predicted molar refractivity (Wildman–Crippen MR) is 98.0 cm³/mol. The Kier molecular flexibility index (Phi) is 5.46. The molecule has 4 N–H and O–H groups in total. The maximum Gasteiger partial charge on any atom is 0.356 e. The van der Waals surface area contributed by atoms with E-state index >= 15 is 0 Å². The Labute approximate surface area is 153 Å². The van der Waals surface area contributed by atoms with E-state index in [9.17, 15) is 14.7 Å². The summed E-state index contributed by atoms with van der Waals surface area (Å²) < 4.78 is 1.73. The molecule has 26 heavy (non-hydrogen) atoms. The monoisotopic (exact) mass is 360 g/mol. The minimum atomic E-state index is -1.01. The maximum absolute atomic E-state index is 12.3. The molecule has 0 aliphatic heterocycles.